The Morgan fingerprint density at radius 1 is 1.26 bits per heavy atom. The van der Waals surface area contributed by atoms with Gasteiger partial charge in [0.15, 0.2) is 0 Å². The summed E-state index contributed by atoms with van der Waals surface area (Å²) in [5.41, 5.74) is 2.28. The smallest absolute Gasteiger partial charge is 0.107 e. The lowest BCUT2D eigenvalue weighted by Gasteiger charge is -2.11. The van der Waals surface area contributed by atoms with E-state index in [0.29, 0.717) is 6.04 Å². The van der Waals surface area contributed by atoms with Gasteiger partial charge in [0.1, 0.15) is 5.01 Å². The molecule has 0 spiro atoms. The molecule has 0 amide bonds. The van der Waals surface area contributed by atoms with Gasteiger partial charge in [0.05, 0.1) is 5.69 Å². The molecule has 2 nitrogen and oxygen atoms in total. The Morgan fingerprint density at radius 2 is 2.05 bits per heavy atom. The molecule has 0 saturated heterocycles. The Morgan fingerprint density at radius 3 is 2.79 bits per heavy atom. The van der Waals surface area contributed by atoms with Gasteiger partial charge in [0.25, 0.3) is 0 Å². The monoisotopic (exact) mass is 274 g/mol. The zero-order valence-electron chi connectivity index (χ0n) is 11.7. The summed E-state index contributed by atoms with van der Waals surface area (Å²) in [4.78, 5) is 4.69. The van der Waals surface area contributed by atoms with Gasteiger partial charge in [-0.2, -0.15) is 0 Å². The molecule has 0 saturated carbocycles. The topological polar surface area (TPSA) is 24.9 Å². The van der Waals surface area contributed by atoms with Crippen LogP contribution in [0.1, 0.15) is 38.1 Å². The van der Waals surface area contributed by atoms with Crippen molar-refractivity contribution in [1.82, 2.24) is 10.3 Å². The normalized spacial score (nSPS) is 12.5. The van der Waals surface area contributed by atoms with E-state index in [1.807, 2.05) is 6.07 Å². The maximum Gasteiger partial charge on any atom is 0.107 e. The third kappa shape index (κ3) is 4.44. The predicted molar refractivity (Wildman–Crippen MR) is 83.4 cm³/mol. The van der Waals surface area contributed by atoms with Crippen LogP contribution in [-0.2, 0) is 6.54 Å². The molecular weight excluding hydrogens is 252 g/mol. The zero-order chi connectivity index (χ0) is 13.5. The van der Waals surface area contributed by atoms with E-state index in [1.165, 1.54) is 29.8 Å². The van der Waals surface area contributed by atoms with Crippen LogP contribution >= 0.6 is 11.3 Å². The Hall–Kier alpha value is -1.19. The number of nitrogens with zero attached hydrogens (tertiary/aromatic N) is 1. The number of hydrogen-bond donors (Lipinski definition) is 1. The molecule has 1 aromatic heterocycles. The molecule has 0 aliphatic carbocycles. The maximum atomic E-state index is 4.69. The van der Waals surface area contributed by atoms with Gasteiger partial charge in [0.2, 0.25) is 0 Å². The highest BCUT2D eigenvalue weighted by molar-refractivity contribution is 7.09. The molecule has 0 radical (unpaired) electrons. The molecule has 2 aromatic rings. The summed E-state index contributed by atoms with van der Waals surface area (Å²) >= 11 is 1.74. The average molecular weight is 274 g/mol. The van der Waals surface area contributed by atoms with Crippen molar-refractivity contribution in [2.75, 3.05) is 0 Å². The fourth-order valence-corrected chi connectivity index (χ4v) is 2.76. The predicted octanol–water partition coefficient (Wildman–Crippen LogP) is 4.48. The van der Waals surface area contributed by atoms with E-state index in [2.05, 4.69) is 53.8 Å². The highest BCUT2D eigenvalue weighted by atomic mass is 32.1. The van der Waals surface area contributed by atoms with Gasteiger partial charge in [0, 0.05) is 23.5 Å². The number of hydrogen-bond acceptors (Lipinski definition) is 3. The summed E-state index contributed by atoms with van der Waals surface area (Å²) in [6, 6.07) is 10.9. The largest absolute Gasteiger partial charge is 0.308 e. The number of unbranched alkanes of at least 4 members (excludes halogenated alkanes) is 1. The SMILES string of the molecule is CCCCC(C)NCc1nc(-c2ccccc2)cs1. The first-order valence-electron chi connectivity index (χ1n) is 7.02. The van der Waals surface area contributed by atoms with E-state index in [4.69, 9.17) is 0 Å². The van der Waals surface area contributed by atoms with Crippen molar-refractivity contribution in [2.24, 2.45) is 0 Å². The van der Waals surface area contributed by atoms with Gasteiger partial charge in [-0.25, -0.2) is 4.98 Å². The first kappa shape index (κ1) is 14.2. The van der Waals surface area contributed by atoms with Crippen LogP contribution in [0.4, 0.5) is 0 Å². The second-order valence-corrected chi connectivity index (χ2v) is 5.86. The third-order valence-corrected chi connectivity index (χ3v) is 4.06. The molecule has 0 aliphatic heterocycles. The molecule has 1 heterocycles. The van der Waals surface area contributed by atoms with Crippen LogP contribution in [0.3, 0.4) is 0 Å². The molecule has 1 atom stereocenters. The van der Waals surface area contributed by atoms with Gasteiger partial charge in [-0.05, 0) is 13.3 Å². The van der Waals surface area contributed by atoms with Gasteiger partial charge < -0.3 is 5.32 Å². The molecule has 0 fully saturated rings. The zero-order valence-corrected chi connectivity index (χ0v) is 12.5. The Balaban J connectivity index is 1.88. The van der Waals surface area contributed by atoms with Crippen LogP contribution in [0.25, 0.3) is 11.3 Å². The van der Waals surface area contributed by atoms with Crippen LogP contribution < -0.4 is 5.32 Å². The Bertz CT molecular complexity index is 479. The molecule has 3 heteroatoms. The maximum absolute atomic E-state index is 4.69. The van der Waals surface area contributed by atoms with Crippen LogP contribution in [0, 0.1) is 0 Å². The van der Waals surface area contributed by atoms with E-state index in [1.54, 1.807) is 11.3 Å². The van der Waals surface area contributed by atoms with Crippen LogP contribution in [-0.4, -0.2) is 11.0 Å². The summed E-state index contributed by atoms with van der Waals surface area (Å²) < 4.78 is 0. The molecule has 0 aliphatic rings. The first-order chi connectivity index (χ1) is 9.29. The first-order valence-corrected chi connectivity index (χ1v) is 7.90. The summed E-state index contributed by atoms with van der Waals surface area (Å²) in [6.07, 6.45) is 3.80. The van der Waals surface area contributed by atoms with Gasteiger partial charge in [-0.3, -0.25) is 0 Å². The fourth-order valence-electron chi connectivity index (χ4n) is 2.01. The summed E-state index contributed by atoms with van der Waals surface area (Å²) in [7, 11) is 0. The molecule has 1 N–H and O–H groups in total. The lowest BCUT2D eigenvalue weighted by molar-refractivity contribution is 0.494. The van der Waals surface area contributed by atoms with Gasteiger partial charge in [-0.1, -0.05) is 50.1 Å². The summed E-state index contributed by atoms with van der Waals surface area (Å²) in [5.74, 6) is 0. The Kier molecular flexibility index (Phi) is 5.55. The molecule has 2 rings (SSSR count). The van der Waals surface area contributed by atoms with Gasteiger partial charge >= 0.3 is 0 Å². The molecule has 1 aromatic carbocycles. The van der Waals surface area contributed by atoms with E-state index < -0.39 is 0 Å². The standard InChI is InChI=1S/C16H22N2S/c1-3-4-8-13(2)17-11-16-18-15(12-19-16)14-9-6-5-7-10-14/h5-7,9-10,12-13,17H,3-4,8,11H2,1-2H3. The van der Waals surface area contributed by atoms with E-state index in [0.717, 1.165) is 12.2 Å². The van der Waals surface area contributed by atoms with Crippen LogP contribution in [0.5, 0.6) is 0 Å². The third-order valence-electron chi connectivity index (χ3n) is 3.21. The van der Waals surface area contributed by atoms with E-state index in [9.17, 15) is 0 Å². The minimum Gasteiger partial charge on any atom is -0.308 e. The van der Waals surface area contributed by atoms with E-state index >= 15 is 0 Å². The number of nitrogens with one attached hydrogen (secondary N) is 1. The highest BCUT2D eigenvalue weighted by Gasteiger charge is 2.06. The molecule has 102 valence electrons. The van der Waals surface area contributed by atoms with Crippen molar-refractivity contribution in [1.29, 1.82) is 0 Å². The molecule has 19 heavy (non-hydrogen) atoms. The quantitative estimate of drug-likeness (QED) is 0.805. The second kappa shape index (κ2) is 7.41. The summed E-state index contributed by atoms with van der Waals surface area (Å²) in [6.45, 7) is 5.36. The van der Waals surface area contributed by atoms with E-state index in [-0.39, 0.29) is 0 Å². The molecule has 0 bridgehead atoms. The van der Waals surface area contributed by atoms with Crippen molar-refractivity contribution >= 4 is 11.3 Å². The summed E-state index contributed by atoms with van der Waals surface area (Å²) in [5, 5.41) is 6.86. The van der Waals surface area contributed by atoms with Gasteiger partial charge in [-0.15, -0.1) is 11.3 Å². The molecular formula is C16H22N2S. The van der Waals surface area contributed by atoms with Crippen molar-refractivity contribution in [3.63, 3.8) is 0 Å². The van der Waals surface area contributed by atoms with Crippen LogP contribution in [0.2, 0.25) is 0 Å². The van der Waals surface area contributed by atoms with Crippen molar-refractivity contribution in [3.8, 4) is 11.3 Å². The minimum absolute atomic E-state index is 0.573. The number of aromatic nitrogens is 1. The second-order valence-electron chi connectivity index (χ2n) is 4.92. The van der Waals surface area contributed by atoms with Crippen LogP contribution in [0.15, 0.2) is 35.7 Å². The lowest BCUT2D eigenvalue weighted by Crippen LogP contribution is -2.25. The Labute approximate surface area is 119 Å². The average Bonchev–Trinajstić information content (AvgIpc) is 2.93. The number of thiazole rings is 1. The minimum atomic E-state index is 0.573. The van der Waals surface area contributed by atoms with Crippen molar-refractivity contribution in [2.45, 2.75) is 45.7 Å². The molecule has 1 unspecified atom stereocenters. The van der Waals surface area contributed by atoms with Crippen molar-refractivity contribution in [3.05, 3.63) is 40.7 Å². The number of benzene rings is 1. The fraction of sp³-hybridized carbons (Fsp3) is 0.438. The lowest BCUT2D eigenvalue weighted by atomic mass is 10.1. The van der Waals surface area contributed by atoms with Crippen molar-refractivity contribution < 1.29 is 0 Å². The number of rotatable bonds is 7. The highest BCUT2D eigenvalue weighted by Crippen LogP contribution is 2.21.